The molecule has 4 nitrogen and oxygen atoms in total. The summed E-state index contributed by atoms with van der Waals surface area (Å²) < 4.78 is 6.24. The molecule has 2 amide bonds. The molecular weight excluding hydrogens is 294 g/mol. The fraction of sp³-hybridized carbons (Fsp3) is 0.529. The number of nitrogens with one attached hydrogen (secondary N) is 1. The van der Waals surface area contributed by atoms with E-state index in [1.807, 2.05) is 24.3 Å². The van der Waals surface area contributed by atoms with Crippen molar-refractivity contribution in [2.45, 2.75) is 57.7 Å². The quantitative estimate of drug-likeness (QED) is 0.684. The van der Waals surface area contributed by atoms with E-state index in [0.29, 0.717) is 12.8 Å². The maximum atomic E-state index is 11.9. The van der Waals surface area contributed by atoms with E-state index in [9.17, 15) is 9.59 Å². The minimum absolute atomic E-state index is 0.148. The zero-order valence-electron chi connectivity index (χ0n) is 14.0. The monoisotopic (exact) mass is 319 g/mol. The summed E-state index contributed by atoms with van der Waals surface area (Å²) in [6.07, 6.45) is 0.978. The topological polar surface area (TPSA) is 55.4 Å². The third kappa shape index (κ3) is 3.58. The first-order valence-electron chi connectivity index (χ1n) is 7.73. The fourth-order valence-corrected chi connectivity index (χ4v) is 3.26. The summed E-state index contributed by atoms with van der Waals surface area (Å²) in [7, 11) is -1.85. The van der Waals surface area contributed by atoms with E-state index in [0.717, 1.165) is 11.3 Å². The van der Waals surface area contributed by atoms with E-state index in [4.69, 9.17) is 4.43 Å². The number of piperidine rings is 1. The van der Waals surface area contributed by atoms with E-state index in [-0.39, 0.29) is 22.8 Å². The van der Waals surface area contributed by atoms with Crippen molar-refractivity contribution in [3.63, 3.8) is 0 Å². The third-order valence-corrected chi connectivity index (χ3v) is 9.06. The second kappa shape index (κ2) is 5.87. The normalized spacial score (nSPS) is 19.8. The van der Waals surface area contributed by atoms with Gasteiger partial charge in [0.15, 0.2) is 0 Å². The predicted octanol–water partition coefficient (Wildman–Crippen LogP) is 3.59. The average Bonchev–Trinajstić information content (AvgIpc) is 2.38. The van der Waals surface area contributed by atoms with E-state index >= 15 is 0 Å². The average molecular weight is 319 g/mol. The summed E-state index contributed by atoms with van der Waals surface area (Å²) >= 11 is 0. The van der Waals surface area contributed by atoms with Crippen molar-refractivity contribution < 1.29 is 14.0 Å². The number of benzene rings is 1. The lowest BCUT2D eigenvalue weighted by atomic mass is 9.90. The second-order valence-corrected chi connectivity index (χ2v) is 12.2. The Hall–Kier alpha value is -1.62. The highest BCUT2D eigenvalue weighted by Crippen LogP contribution is 2.37. The Bertz CT molecular complexity index is 573. The minimum atomic E-state index is -1.85. The number of hydrogen-bond donors (Lipinski definition) is 1. The van der Waals surface area contributed by atoms with Crippen molar-refractivity contribution >= 4 is 20.1 Å². The lowest BCUT2D eigenvalue weighted by Gasteiger charge is -2.36. The van der Waals surface area contributed by atoms with Gasteiger partial charge in [-0.15, -0.1) is 0 Å². The van der Waals surface area contributed by atoms with Crippen LogP contribution in [-0.2, 0) is 9.59 Å². The molecule has 1 aliphatic rings. The van der Waals surface area contributed by atoms with Crippen LogP contribution in [0.1, 0.15) is 45.1 Å². The van der Waals surface area contributed by atoms with Crippen LogP contribution in [0.3, 0.4) is 0 Å². The molecule has 1 fully saturated rings. The molecule has 2 rings (SSSR count). The SMILES string of the molecule is CC(C)(C)[Si](C)(C)Oc1ccc(C2CCC(=O)NC2=O)cc1. The molecule has 0 bridgehead atoms. The minimum Gasteiger partial charge on any atom is -0.544 e. The molecule has 1 aromatic rings. The first-order chi connectivity index (χ1) is 10.1. The Morgan fingerprint density at radius 1 is 1.14 bits per heavy atom. The van der Waals surface area contributed by atoms with E-state index in [2.05, 4.69) is 39.2 Å². The number of carbonyl (C=O) groups is 2. The highest BCUT2D eigenvalue weighted by atomic mass is 28.4. The second-order valence-electron chi connectivity index (χ2n) is 7.44. The van der Waals surface area contributed by atoms with Crippen molar-refractivity contribution in [1.82, 2.24) is 5.32 Å². The lowest BCUT2D eigenvalue weighted by Crippen LogP contribution is -2.43. The summed E-state index contributed by atoms with van der Waals surface area (Å²) in [4.78, 5) is 23.1. The molecule has 1 N–H and O–H groups in total. The van der Waals surface area contributed by atoms with Crippen LogP contribution in [0.2, 0.25) is 18.1 Å². The molecular formula is C17H25NO3Si. The van der Waals surface area contributed by atoms with Crippen molar-refractivity contribution in [1.29, 1.82) is 0 Å². The molecule has 120 valence electrons. The van der Waals surface area contributed by atoms with Crippen LogP contribution < -0.4 is 9.74 Å². The molecule has 0 spiro atoms. The number of carbonyl (C=O) groups excluding carboxylic acids is 2. The molecule has 1 saturated heterocycles. The zero-order chi connectivity index (χ0) is 16.5. The van der Waals surface area contributed by atoms with Gasteiger partial charge in [-0.1, -0.05) is 32.9 Å². The largest absolute Gasteiger partial charge is 0.544 e. The van der Waals surface area contributed by atoms with Crippen LogP contribution in [0.15, 0.2) is 24.3 Å². The first kappa shape index (κ1) is 16.7. The molecule has 1 aliphatic heterocycles. The Morgan fingerprint density at radius 2 is 1.73 bits per heavy atom. The maximum Gasteiger partial charge on any atom is 0.250 e. The van der Waals surface area contributed by atoms with Crippen LogP contribution >= 0.6 is 0 Å². The molecule has 1 atom stereocenters. The van der Waals surface area contributed by atoms with Gasteiger partial charge in [0.1, 0.15) is 5.75 Å². The first-order valence-corrected chi connectivity index (χ1v) is 10.6. The van der Waals surface area contributed by atoms with Crippen LogP contribution in [0.25, 0.3) is 0 Å². The van der Waals surface area contributed by atoms with Gasteiger partial charge in [0.05, 0.1) is 5.92 Å². The zero-order valence-corrected chi connectivity index (χ0v) is 15.0. The molecule has 22 heavy (non-hydrogen) atoms. The maximum absolute atomic E-state index is 11.9. The molecule has 1 heterocycles. The van der Waals surface area contributed by atoms with Crippen LogP contribution in [0.5, 0.6) is 5.75 Å². The summed E-state index contributed by atoms with van der Waals surface area (Å²) in [6, 6.07) is 7.73. The standard InChI is InChI=1S/C17H25NO3Si/c1-17(2,3)22(4,5)21-13-8-6-12(7-9-13)14-10-11-15(19)18-16(14)20/h6-9,14H,10-11H2,1-5H3,(H,18,19,20). The Kier molecular flexibility index (Phi) is 4.47. The van der Waals surface area contributed by atoms with E-state index < -0.39 is 8.32 Å². The summed E-state index contributed by atoms with van der Waals surface area (Å²) in [5.74, 6) is 0.232. The van der Waals surface area contributed by atoms with Crippen molar-refractivity contribution in [3.8, 4) is 5.75 Å². The summed E-state index contributed by atoms with van der Waals surface area (Å²) in [5, 5.41) is 2.55. The van der Waals surface area contributed by atoms with Crippen LogP contribution in [0.4, 0.5) is 0 Å². The molecule has 0 aliphatic carbocycles. The van der Waals surface area contributed by atoms with Crippen molar-refractivity contribution in [2.75, 3.05) is 0 Å². The van der Waals surface area contributed by atoms with Crippen molar-refractivity contribution in [3.05, 3.63) is 29.8 Å². The number of rotatable bonds is 3. The number of imide groups is 1. The number of amides is 2. The van der Waals surface area contributed by atoms with Gasteiger partial charge in [0, 0.05) is 6.42 Å². The van der Waals surface area contributed by atoms with Crippen molar-refractivity contribution in [2.24, 2.45) is 0 Å². The molecule has 1 aromatic carbocycles. The number of hydrogen-bond acceptors (Lipinski definition) is 3. The van der Waals surface area contributed by atoms with Gasteiger partial charge >= 0.3 is 0 Å². The van der Waals surface area contributed by atoms with Gasteiger partial charge in [0.25, 0.3) is 0 Å². The molecule has 0 radical (unpaired) electrons. The van der Waals surface area contributed by atoms with E-state index in [1.165, 1.54) is 0 Å². The highest BCUT2D eigenvalue weighted by molar-refractivity contribution is 6.74. The molecule has 1 unspecified atom stereocenters. The predicted molar refractivity (Wildman–Crippen MR) is 89.4 cm³/mol. The van der Waals surface area contributed by atoms with Crippen LogP contribution in [-0.4, -0.2) is 20.1 Å². The van der Waals surface area contributed by atoms with Gasteiger partial charge in [-0.05, 0) is 42.2 Å². The molecule has 0 saturated carbocycles. The smallest absolute Gasteiger partial charge is 0.250 e. The van der Waals surface area contributed by atoms with Gasteiger partial charge in [-0.2, -0.15) is 0 Å². The Balaban J connectivity index is 2.11. The molecule has 5 heteroatoms. The van der Waals surface area contributed by atoms with Gasteiger partial charge in [-0.25, -0.2) is 0 Å². The van der Waals surface area contributed by atoms with Gasteiger partial charge in [-0.3, -0.25) is 14.9 Å². The summed E-state index contributed by atoms with van der Waals surface area (Å²) in [5.41, 5.74) is 0.938. The fourth-order valence-electron chi connectivity index (χ4n) is 2.23. The highest BCUT2D eigenvalue weighted by Gasteiger charge is 2.39. The third-order valence-electron chi connectivity index (χ3n) is 4.70. The van der Waals surface area contributed by atoms with E-state index in [1.54, 1.807) is 0 Å². The van der Waals surface area contributed by atoms with Gasteiger partial charge in [0.2, 0.25) is 20.1 Å². The molecule has 0 aromatic heterocycles. The lowest BCUT2D eigenvalue weighted by molar-refractivity contribution is -0.134. The Labute approximate surface area is 133 Å². The van der Waals surface area contributed by atoms with Crippen LogP contribution in [0, 0.1) is 0 Å². The Morgan fingerprint density at radius 3 is 2.23 bits per heavy atom. The van der Waals surface area contributed by atoms with Gasteiger partial charge < -0.3 is 4.43 Å². The summed E-state index contributed by atoms with van der Waals surface area (Å²) in [6.45, 7) is 11.0.